The summed E-state index contributed by atoms with van der Waals surface area (Å²) >= 11 is 1.61. The molecule has 162 valence electrons. The summed E-state index contributed by atoms with van der Waals surface area (Å²) in [6.07, 6.45) is 0. The lowest BCUT2D eigenvalue weighted by molar-refractivity contribution is 0.102. The zero-order chi connectivity index (χ0) is 22.3. The molecule has 1 aromatic heterocycles. The van der Waals surface area contributed by atoms with Crippen LogP contribution in [-0.4, -0.2) is 40.3 Å². The number of anilines is 1. The van der Waals surface area contributed by atoms with Crippen molar-refractivity contribution >= 4 is 23.4 Å². The number of carbonyl (C=O) groups excluding carboxylic acids is 1. The minimum Gasteiger partial charge on any atom is -0.493 e. The molecule has 4 rings (SSSR count). The number of benzene rings is 3. The van der Waals surface area contributed by atoms with Gasteiger partial charge in [-0.2, -0.15) is 4.68 Å². The van der Waals surface area contributed by atoms with Gasteiger partial charge in [0.25, 0.3) is 5.91 Å². The zero-order valence-electron chi connectivity index (χ0n) is 17.6. The van der Waals surface area contributed by atoms with Crippen molar-refractivity contribution < 1.29 is 14.3 Å². The predicted molar refractivity (Wildman–Crippen MR) is 123 cm³/mol. The Morgan fingerprint density at radius 2 is 1.72 bits per heavy atom. The van der Waals surface area contributed by atoms with Crippen molar-refractivity contribution in [1.82, 2.24) is 20.2 Å². The topological polar surface area (TPSA) is 91.2 Å². The summed E-state index contributed by atoms with van der Waals surface area (Å²) in [6.45, 7) is 0. The fourth-order valence-corrected chi connectivity index (χ4v) is 3.83. The lowest BCUT2D eigenvalue weighted by Gasteiger charge is -2.10. The van der Waals surface area contributed by atoms with E-state index in [-0.39, 0.29) is 5.91 Å². The lowest BCUT2D eigenvalue weighted by Crippen LogP contribution is -2.12. The zero-order valence-corrected chi connectivity index (χ0v) is 18.4. The van der Waals surface area contributed by atoms with E-state index in [1.54, 1.807) is 41.8 Å². The number of nitrogens with one attached hydrogen (secondary N) is 1. The number of carbonyl (C=O) groups is 1. The molecule has 0 saturated carbocycles. The second kappa shape index (κ2) is 9.97. The maximum Gasteiger partial charge on any atom is 0.255 e. The first-order valence-electron chi connectivity index (χ1n) is 9.77. The molecule has 0 aliphatic carbocycles. The Balaban J connectivity index is 1.38. The van der Waals surface area contributed by atoms with Crippen LogP contribution in [0.4, 0.5) is 5.69 Å². The molecule has 1 amide bonds. The smallest absolute Gasteiger partial charge is 0.255 e. The normalized spacial score (nSPS) is 10.6. The summed E-state index contributed by atoms with van der Waals surface area (Å²) in [7, 11) is 3.09. The van der Waals surface area contributed by atoms with Crippen molar-refractivity contribution in [1.29, 1.82) is 0 Å². The number of nitrogens with zero attached hydrogens (tertiary/aromatic N) is 4. The summed E-state index contributed by atoms with van der Waals surface area (Å²) in [4.78, 5) is 13.6. The molecule has 0 bridgehead atoms. The molecular weight excluding hydrogens is 426 g/mol. The number of aromatic nitrogens is 4. The van der Waals surface area contributed by atoms with Gasteiger partial charge in [0.2, 0.25) is 0 Å². The fourth-order valence-electron chi connectivity index (χ4n) is 3.03. The van der Waals surface area contributed by atoms with Gasteiger partial charge >= 0.3 is 0 Å². The van der Waals surface area contributed by atoms with Gasteiger partial charge in [-0.3, -0.25) is 4.79 Å². The summed E-state index contributed by atoms with van der Waals surface area (Å²) in [5, 5.41) is 14.9. The standard InChI is InChI=1S/C23H21N5O3S/c1-30-20-13-8-16(14-21(20)31-2)23(29)24-17-9-11-19(12-10-17)32-15-22-25-26-27-28(22)18-6-4-3-5-7-18/h3-14H,15H2,1-2H3,(H,24,29). The molecule has 1 heterocycles. The molecule has 0 spiro atoms. The number of tetrazole rings is 1. The molecule has 0 saturated heterocycles. The van der Waals surface area contributed by atoms with Crippen LogP contribution in [0, 0.1) is 0 Å². The SMILES string of the molecule is COc1ccc(C(=O)Nc2ccc(SCc3nnnn3-c3ccccc3)cc2)cc1OC. The Morgan fingerprint density at radius 3 is 2.44 bits per heavy atom. The maximum absolute atomic E-state index is 12.6. The monoisotopic (exact) mass is 447 g/mol. The van der Waals surface area contributed by atoms with E-state index < -0.39 is 0 Å². The Kier molecular flexibility index (Phi) is 6.66. The molecule has 8 nitrogen and oxygen atoms in total. The molecule has 32 heavy (non-hydrogen) atoms. The van der Waals surface area contributed by atoms with Crippen LogP contribution in [0.2, 0.25) is 0 Å². The van der Waals surface area contributed by atoms with Crippen LogP contribution in [0.1, 0.15) is 16.2 Å². The Hall–Kier alpha value is -3.85. The van der Waals surface area contributed by atoms with E-state index in [9.17, 15) is 4.79 Å². The Bertz CT molecular complexity index is 1200. The third-order valence-corrected chi connectivity index (χ3v) is 5.67. The predicted octanol–water partition coefficient (Wildman–Crippen LogP) is 4.22. The van der Waals surface area contributed by atoms with Crippen molar-refractivity contribution in [3.63, 3.8) is 0 Å². The Labute approximate surface area is 189 Å². The molecule has 9 heteroatoms. The van der Waals surface area contributed by atoms with Crippen molar-refractivity contribution in [2.45, 2.75) is 10.6 Å². The second-order valence-electron chi connectivity index (χ2n) is 6.68. The molecule has 0 aliphatic heterocycles. The quantitative estimate of drug-likeness (QED) is 0.404. The number of para-hydroxylation sites is 1. The van der Waals surface area contributed by atoms with Crippen molar-refractivity contribution in [3.8, 4) is 17.2 Å². The number of amides is 1. The summed E-state index contributed by atoms with van der Waals surface area (Å²) < 4.78 is 12.2. The summed E-state index contributed by atoms with van der Waals surface area (Å²) in [5.41, 5.74) is 2.10. The van der Waals surface area contributed by atoms with Crippen LogP contribution in [0.15, 0.2) is 77.7 Å². The molecule has 0 radical (unpaired) electrons. The molecule has 1 N–H and O–H groups in total. The highest BCUT2D eigenvalue weighted by Gasteiger charge is 2.12. The highest BCUT2D eigenvalue weighted by molar-refractivity contribution is 7.98. The highest BCUT2D eigenvalue weighted by atomic mass is 32.2. The van der Waals surface area contributed by atoms with Gasteiger partial charge in [-0.15, -0.1) is 16.9 Å². The van der Waals surface area contributed by atoms with Gasteiger partial charge in [-0.1, -0.05) is 18.2 Å². The number of ether oxygens (including phenoxy) is 2. The van der Waals surface area contributed by atoms with E-state index in [0.29, 0.717) is 28.5 Å². The van der Waals surface area contributed by atoms with Gasteiger partial charge in [-0.25, -0.2) is 0 Å². The van der Waals surface area contributed by atoms with E-state index in [1.807, 2.05) is 54.6 Å². The van der Waals surface area contributed by atoms with Gasteiger partial charge < -0.3 is 14.8 Å². The van der Waals surface area contributed by atoms with Gasteiger partial charge in [0.1, 0.15) is 0 Å². The third-order valence-electron chi connectivity index (χ3n) is 4.66. The van der Waals surface area contributed by atoms with Gasteiger partial charge in [-0.05, 0) is 65.0 Å². The molecule has 0 aliphatic rings. The number of thioether (sulfide) groups is 1. The minimum atomic E-state index is -0.228. The number of hydrogen-bond acceptors (Lipinski definition) is 7. The first kappa shape index (κ1) is 21.4. The first-order chi connectivity index (χ1) is 15.7. The maximum atomic E-state index is 12.6. The number of hydrogen-bond donors (Lipinski definition) is 1. The highest BCUT2D eigenvalue weighted by Crippen LogP contribution is 2.28. The van der Waals surface area contributed by atoms with E-state index in [4.69, 9.17) is 9.47 Å². The van der Waals surface area contributed by atoms with Crippen LogP contribution in [0.25, 0.3) is 5.69 Å². The Morgan fingerprint density at radius 1 is 0.969 bits per heavy atom. The van der Waals surface area contributed by atoms with E-state index in [2.05, 4.69) is 20.8 Å². The van der Waals surface area contributed by atoms with Gasteiger partial charge in [0.05, 0.1) is 25.7 Å². The first-order valence-corrected chi connectivity index (χ1v) is 10.8. The van der Waals surface area contributed by atoms with E-state index in [0.717, 1.165) is 16.4 Å². The number of methoxy groups -OCH3 is 2. The molecule has 0 fully saturated rings. The second-order valence-corrected chi connectivity index (χ2v) is 7.73. The van der Waals surface area contributed by atoms with Gasteiger partial charge in [0.15, 0.2) is 17.3 Å². The van der Waals surface area contributed by atoms with Crippen molar-refractivity contribution in [3.05, 3.63) is 84.2 Å². The van der Waals surface area contributed by atoms with Crippen LogP contribution < -0.4 is 14.8 Å². The van der Waals surface area contributed by atoms with Crippen molar-refractivity contribution in [2.75, 3.05) is 19.5 Å². The van der Waals surface area contributed by atoms with E-state index >= 15 is 0 Å². The molecule has 3 aromatic carbocycles. The molecule has 0 atom stereocenters. The van der Waals surface area contributed by atoms with Crippen LogP contribution in [0.3, 0.4) is 0 Å². The summed E-state index contributed by atoms with van der Waals surface area (Å²) in [6, 6.07) is 22.4. The lowest BCUT2D eigenvalue weighted by atomic mass is 10.2. The molecule has 4 aromatic rings. The largest absolute Gasteiger partial charge is 0.493 e. The fraction of sp³-hybridized carbons (Fsp3) is 0.130. The van der Waals surface area contributed by atoms with Gasteiger partial charge in [0, 0.05) is 16.1 Å². The summed E-state index contributed by atoms with van der Waals surface area (Å²) in [5.74, 6) is 2.22. The van der Waals surface area contributed by atoms with Crippen LogP contribution in [-0.2, 0) is 5.75 Å². The third kappa shape index (κ3) is 4.89. The molecular formula is C23H21N5O3S. The number of rotatable bonds is 8. The minimum absolute atomic E-state index is 0.228. The molecule has 0 unspecified atom stereocenters. The van der Waals surface area contributed by atoms with Crippen molar-refractivity contribution in [2.24, 2.45) is 0 Å². The van der Waals surface area contributed by atoms with Crippen LogP contribution in [0.5, 0.6) is 11.5 Å². The van der Waals surface area contributed by atoms with E-state index in [1.165, 1.54) is 7.11 Å². The average molecular weight is 448 g/mol. The van der Waals surface area contributed by atoms with Crippen LogP contribution >= 0.6 is 11.8 Å². The average Bonchev–Trinajstić information content (AvgIpc) is 3.32.